The number of nitrogens with one attached hydrogen (secondary N) is 1. The van der Waals surface area contributed by atoms with E-state index in [9.17, 15) is 4.79 Å². The molecule has 25 heavy (non-hydrogen) atoms. The quantitative estimate of drug-likeness (QED) is 0.818. The van der Waals surface area contributed by atoms with Gasteiger partial charge in [0.05, 0.1) is 0 Å². The molecule has 0 radical (unpaired) electrons. The Morgan fingerprint density at radius 1 is 1.20 bits per heavy atom. The lowest BCUT2D eigenvalue weighted by atomic mass is 9.81. The highest BCUT2D eigenvalue weighted by molar-refractivity contribution is 5.66. The van der Waals surface area contributed by atoms with E-state index in [-0.39, 0.29) is 18.3 Å². The number of hydrogen-bond donors (Lipinski definition) is 1. The molecule has 4 nitrogen and oxygen atoms in total. The highest BCUT2D eigenvalue weighted by Crippen LogP contribution is 2.45. The summed E-state index contributed by atoms with van der Waals surface area (Å²) in [6.45, 7) is 5.46. The van der Waals surface area contributed by atoms with Crippen molar-refractivity contribution in [1.29, 1.82) is 0 Å². The molecule has 1 heterocycles. The second kappa shape index (κ2) is 7.28. The van der Waals surface area contributed by atoms with Crippen molar-refractivity contribution in [2.24, 2.45) is 0 Å². The van der Waals surface area contributed by atoms with Crippen LogP contribution in [0.2, 0.25) is 0 Å². The topological polar surface area (TPSA) is 47.6 Å². The van der Waals surface area contributed by atoms with Crippen molar-refractivity contribution in [3.8, 4) is 0 Å². The molecule has 0 bridgehead atoms. The van der Waals surface area contributed by atoms with Crippen LogP contribution in [0.5, 0.6) is 0 Å². The van der Waals surface area contributed by atoms with Gasteiger partial charge in [-0.15, -0.1) is 0 Å². The summed E-state index contributed by atoms with van der Waals surface area (Å²) >= 11 is 0. The molecule has 0 unspecified atom stereocenters. The molecule has 1 aliphatic heterocycles. The monoisotopic (exact) mass is 339 g/mol. The normalized spacial score (nSPS) is 23.2. The Labute approximate surface area is 149 Å². The molecule has 0 saturated carbocycles. The third-order valence-corrected chi connectivity index (χ3v) is 4.67. The first-order chi connectivity index (χ1) is 12.0. The number of para-hydroxylation sites is 1. The maximum absolute atomic E-state index is 11.2. The van der Waals surface area contributed by atoms with E-state index in [0.717, 1.165) is 23.2 Å². The molecule has 2 aromatic rings. The third kappa shape index (κ3) is 3.54. The van der Waals surface area contributed by atoms with Crippen LogP contribution < -0.4 is 5.32 Å². The smallest absolute Gasteiger partial charge is 0.302 e. The number of hydrogen-bond acceptors (Lipinski definition) is 4. The lowest BCUT2D eigenvalue weighted by Crippen LogP contribution is -2.44. The Morgan fingerprint density at radius 2 is 1.88 bits per heavy atom. The number of carbonyl (C=O) groups excluding carboxylic acids is 1. The zero-order valence-corrected chi connectivity index (χ0v) is 15.0. The van der Waals surface area contributed by atoms with Gasteiger partial charge in [-0.1, -0.05) is 55.5 Å². The van der Waals surface area contributed by atoms with Gasteiger partial charge in [0.25, 0.3) is 0 Å². The largest absolute Gasteiger partial charge is 0.463 e. The van der Waals surface area contributed by atoms with Crippen LogP contribution in [0.3, 0.4) is 0 Å². The molecule has 3 atom stereocenters. The maximum Gasteiger partial charge on any atom is 0.302 e. The molecule has 1 N–H and O–H groups in total. The van der Waals surface area contributed by atoms with E-state index < -0.39 is 5.60 Å². The summed E-state index contributed by atoms with van der Waals surface area (Å²) in [5.74, 6) is -0.270. The average molecular weight is 339 g/mol. The van der Waals surface area contributed by atoms with Crippen LogP contribution in [0, 0.1) is 0 Å². The Kier molecular flexibility index (Phi) is 5.09. The first kappa shape index (κ1) is 17.5. The van der Waals surface area contributed by atoms with Crippen molar-refractivity contribution in [2.75, 3.05) is 5.32 Å². The van der Waals surface area contributed by atoms with Gasteiger partial charge in [0.1, 0.15) is 17.9 Å². The minimum atomic E-state index is -0.510. The molecule has 0 saturated heterocycles. The summed E-state index contributed by atoms with van der Waals surface area (Å²) < 4.78 is 11.9. The maximum atomic E-state index is 11.2. The summed E-state index contributed by atoms with van der Waals surface area (Å²) in [5.41, 5.74) is 2.83. The summed E-state index contributed by atoms with van der Waals surface area (Å²) in [6.07, 6.45) is 0.950. The van der Waals surface area contributed by atoms with Gasteiger partial charge in [0.15, 0.2) is 0 Å². The molecule has 3 rings (SSSR count). The zero-order valence-electron chi connectivity index (χ0n) is 15.0. The van der Waals surface area contributed by atoms with Gasteiger partial charge < -0.3 is 14.8 Å². The minimum Gasteiger partial charge on any atom is -0.463 e. The second-order valence-electron chi connectivity index (χ2n) is 6.50. The van der Waals surface area contributed by atoms with Crippen LogP contribution in [0.25, 0.3) is 0 Å². The van der Waals surface area contributed by atoms with Crippen LogP contribution in [-0.4, -0.2) is 18.3 Å². The first-order valence-corrected chi connectivity index (χ1v) is 8.81. The van der Waals surface area contributed by atoms with Gasteiger partial charge in [0.2, 0.25) is 0 Å². The Morgan fingerprint density at radius 3 is 2.56 bits per heavy atom. The summed E-state index contributed by atoms with van der Waals surface area (Å²) in [4.78, 5) is 11.2. The SMILES string of the molecule is CC[C@]1(c2ccccc2)O[C@H](C[C@@H](C)OC(C)=O)Nc2ccccc21. The number of anilines is 1. The Hall–Kier alpha value is -2.33. The van der Waals surface area contributed by atoms with Gasteiger partial charge in [0, 0.05) is 24.6 Å². The van der Waals surface area contributed by atoms with Crippen LogP contribution in [0.15, 0.2) is 54.6 Å². The van der Waals surface area contributed by atoms with E-state index in [0.29, 0.717) is 6.42 Å². The molecule has 0 spiro atoms. The Balaban J connectivity index is 1.97. The van der Waals surface area contributed by atoms with E-state index in [1.54, 1.807) is 0 Å². The molecular formula is C21H25NO3. The molecule has 1 aliphatic rings. The van der Waals surface area contributed by atoms with Crippen molar-refractivity contribution in [3.05, 3.63) is 65.7 Å². The number of benzene rings is 2. The van der Waals surface area contributed by atoms with Gasteiger partial charge in [-0.25, -0.2) is 0 Å². The van der Waals surface area contributed by atoms with Gasteiger partial charge >= 0.3 is 5.97 Å². The summed E-state index contributed by atoms with van der Waals surface area (Å²) in [7, 11) is 0. The summed E-state index contributed by atoms with van der Waals surface area (Å²) in [5, 5.41) is 3.45. The molecule has 2 aromatic carbocycles. The predicted molar refractivity (Wildman–Crippen MR) is 98.3 cm³/mol. The fraction of sp³-hybridized carbons (Fsp3) is 0.381. The van der Waals surface area contributed by atoms with Crippen LogP contribution in [0.1, 0.15) is 44.7 Å². The number of rotatable bonds is 5. The van der Waals surface area contributed by atoms with E-state index in [4.69, 9.17) is 9.47 Å². The highest BCUT2D eigenvalue weighted by Gasteiger charge is 2.41. The van der Waals surface area contributed by atoms with E-state index in [1.165, 1.54) is 6.92 Å². The predicted octanol–water partition coefficient (Wildman–Crippen LogP) is 4.45. The lowest BCUT2D eigenvalue weighted by Gasteiger charge is -2.44. The van der Waals surface area contributed by atoms with Gasteiger partial charge in [-0.05, 0) is 25.0 Å². The van der Waals surface area contributed by atoms with Gasteiger partial charge in [-0.3, -0.25) is 4.79 Å². The van der Waals surface area contributed by atoms with Crippen molar-refractivity contribution < 1.29 is 14.3 Å². The molecule has 4 heteroatoms. The molecular weight excluding hydrogens is 314 g/mol. The van der Waals surface area contributed by atoms with Crippen molar-refractivity contribution >= 4 is 11.7 Å². The Bertz CT molecular complexity index is 731. The fourth-order valence-electron chi connectivity index (χ4n) is 3.62. The first-order valence-electron chi connectivity index (χ1n) is 8.81. The average Bonchev–Trinajstić information content (AvgIpc) is 2.61. The molecule has 132 valence electrons. The number of fused-ring (bicyclic) bond motifs is 1. The number of carbonyl (C=O) groups is 1. The summed E-state index contributed by atoms with van der Waals surface area (Å²) in [6, 6.07) is 18.6. The standard InChI is InChI=1S/C21H25NO3/c1-4-21(17-10-6-5-7-11-17)18-12-8-9-13-19(18)22-20(25-21)14-15(2)24-16(3)23/h5-13,15,20,22H,4,14H2,1-3H3/t15-,20-,21-/m1/s1. The molecule has 0 fully saturated rings. The van der Waals surface area contributed by atoms with E-state index in [2.05, 4.69) is 36.5 Å². The van der Waals surface area contributed by atoms with E-state index in [1.807, 2.05) is 37.3 Å². The van der Waals surface area contributed by atoms with E-state index >= 15 is 0 Å². The fourth-order valence-corrected chi connectivity index (χ4v) is 3.62. The molecule has 0 aliphatic carbocycles. The highest BCUT2D eigenvalue weighted by atomic mass is 16.6. The van der Waals surface area contributed by atoms with Crippen molar-refractivity contribution in [3.63, 3.8) is 0 Å². The van der Waals surface area contributed by atoms with Crippen molar-refractivity contribution in [2.45, 2.75) is 51.5 Å². The van der Waals surface area contributed by atoms with Crippen LogP contribution in [0.4, 0.5) is 5.69 Å². The number of esters is 1. The molecule has 0 aromatic heterocycles. The van der Waals surface area contributed by atoms with Gasteiger partial charge in [-0.2, -0.15) is 0 Å². The van der Waals surface area contributed by atoms with Crippen molar-refractivity contribution in [1.82, 2.24) is 0 Å². The molecule has 0 amide bonds. The minimum absolute atomic E-state index is 0.217. The lowest BCUT2D eigenvalue weighted by molar-refractivity contribution is -0.148. The van der Waals surface area contributed by atoms with Crippen LogP contribution in [-0.2, 0) is 19.9 Å². The number of ether oxygens (including phenoxy) is 2. The second-order valence-corrected chi connectivity index (χ2v) is 6.50. The van der Waals surface area contributed by atoms with Crippen LogP contribution >= 0.6 is 0 Å². The third-order valence-electron chi connectivity index (χ3n) is 4.67. The zero-order chi connectivity index (χ0) is 17.9.